The molecule has 1 aliphatic rings. The van der Waals surface area contributed by atoms with Gasteiger partial charge in [0.1, 0.15) is 5.75 Å². The van der Waals surface area contributed by atoms with E-state index in [4.69, 9.17) is 0 Å². The van der Waals surface area contributed by atoms with Crippen molar-refractivity contribution in [3.8, 4) is 5.75 Å². The lowest BCUT2D eigenvalue weighted by atomic mass is 9.84. The maximum absolute atomic E-state index is 11.6. The van der Waals surface area contributed by atoms with Crippen LogP contribution in [0.25, 0.3) is 0 Å². The summed E-state index contributed by atoms with van der Waals surface area (Å²) in [5.41, 5.74) is 3.18. The normalized spacial score (nSPS) is 18.1. The number of hydrogen-bond acceptors (Lipinski definition) is 2. The molecule has 0 saturated carbocycles. The fourth-order valence-electron chi connectivity index (χ4n) is 3.27. The molecule has 0 amide bonds. The molecular formula is C19H26O3. The minimum absolute atomic E-state index is 0.136. The van der Waals surface area contributed by atoms with Crippen molar-refractivity contribution in [2.75, 3.05) is 0 Å². The molecule has 1 aromatic carbocycles. The van der Waals surface area contributed by atoms with E-state index in [1.807, 2.05) is 0 Å². The van der Waals surface area contributed by atoms with Gasteiger partial charge in [-0.15, -0.1) is 0 Å². The molecule has 22 heavy (non-hydrogen) atoms. The van der Waals surface area contributed by atoms with E-state index in [1.54, 1.807) is 12.1 Å². The zero-order valence-corrected chi connectivity index (χ0v) is 13.6. The third-order valence-electron chi connectivity index (χ3n) is 4.50. The van der Waals surface area contributed by atoms with Gasteiger partial charge in [0, 0.05) is 11.5 Å². The first-order valence-electron chi connectivity index (χ1n) is 8.29. The molecule has 0 aliphatic heterocycles. The number of carboxylic acid groups (broad SMARTS) is 1. The van der Waals surface area contributed by atoms with Gasteiger partial charge in [-0.1, -0.05) is 31.4 Å². The molecule has 0 radical (unpaired) electrons. The van der Waals surface area contributed by atoms with E-state index in [9.17, 15) is 15.0 Å². The predicted octanol–water partition coefficient (Wildman–Crippen LogP) is 5.04. The lowest BCUT2D eigenvalue weighted by Gasteiger charge is -2.22. The lowest BCUT2D eigenvalue weighted by Crippen LogP contribution is -2.08. The molecule has 0 aromatic heterocycles. The van der Waals surface area contributed by atoms with Crippen LogP contribution in [0.5, 0.6) is 5.75 Å². The average Bonchev–Trinajstić information content (AvgIpc) is 2.47. The maximum atomic E-state index is 11.6. The van der Waals surface area contributed by atoms with Crippen LogP contribution in [0.3, 0.4) is 0 Å². The van der Waals surface area contributed by atoms with Crippen LogP contribution in [-0.2, 0) is 6.42 Å². The van der Waals surface area contributed by atoms with Crippen molar-refractivity contribution in [2.45, 2.75) is 64.7 Å². The van der Waals surface area contributed by atoms with Gasteiger partial charge in [0.25, 0.3) is 0 Å². The number of aromatic hydroxyl groups is 1. The number of rotatable bonds is 6. The Bertz CT molecular complexity index is 572. The molecule has 1 aliphatic carbocycles. The Hall–Kier alpha value is -1.77. The number of hydrogen-bond donors (Lipinski definition) is 2. The Labute approximate surface area is 132 Å². The molecule has 0 bridgehead atoms. The van der Waals surface area contributed by atoms with Crippen LogP contribution in [0.2, 0.25) is 0 Å². The summed E-state index contributed by atoms with van der Waals surface area (Å²) in [5, 5.41) is 19.9. The van der Waals surface area contributed by atoms with Crippen LogP contribution in [0.15, 0.2) is 23.8 Å². The number of phenolic OH excluding ortho intramolecular Hbond substituents is 1. The number of unbranched alkanes of at least 4 members (excludes halogenated alkanes) is 2. The second-order valence-electron chi connectivity index (χ2n) is 6.34. The minimum Gasteiger partial charge on any atom is -0.508 e. The molecule has 0 heterocycles. The highest BCUT2D eigenvalue weighted by atomic mass is 16.4. The largest absolute Gasteiger partial charge is 0.508 e. The monoisotopic (exact) mass is 302 g/mol. The predicted molar refractivity (Wildman–Crippen MR) is 88.6 cm³/mol. The molecular weight excluding hydrogens is 276 g/mol. The van der Waals surface area contributed by atoms with Crippen molar-refractivity contribution < 1.29 is 15.0 Å². The fourth-order valence-corrected chi connectivity index (χ4v) is 3.27. The SMILES string of the molecule is CCCCCc1cc(O)c([C@@H]2C=C(C)CCC2)cc1C(=O)O. The second kappa shape index (κ2) is 7.48. The maximum Gasteiger partial charge on any atom is 0.335 e. The van der Waals surface area contributed by atoms with Gasteiger partial charge >= 0.3 is 5.97 Å². The van der Waals surface area contributed by atoms with Gasteiger partial charge in [-0.25, -0.2) is 4.79 Å². The average molecular weight is 302 g/mol. The number of phenols is 1. The van der Waals surface area contributed by atoms with E-state index in [0.717, 1.165) is 49.7 Å². The van der Waals surface area contributed by atoms with Crippen molar-refractivity contribution in [3.05, 3.63) is 40.5 Å². The molecule has 2 rings (SSSR count). The van der Waals surface area contributed by atoms with Crippen LogP contribution in [0.1, 0.15) is 79.8 Å². The minimum atomic E-state index is -0.899. The zero-order valence-electron chi connectivity index (χ0n) is 13.6. The number of carboxylic acids is 1. The summed E-state index contributed by atoms with van der Waals surface area (Å²) in [4.78, 5) is 11.6. The van der Waals surface area contributed by atoms with E-state index in [0.29, 0.717) is 12.0 Å². The summed E-state index contributed by atoms with van der Waals surface area (Å²) in [6.45, 7) is 4.22. The van der Waals surface area contributed by atoms with Crippen molar-refractivity contribution in [2.24, 2.45) is 0 Å². The highest BCUT2D eigenvalue weighted by molar-refractivity contribution is 5.90. The Balaban J connectivity index is 2.34. The topological polar surface area (TPSA) is 57.5 Å². The number of benzene rings is 1. The fraction of sp³-hybridized carbons (Fsp3) is 0.526. The summed E-state index contributed by atoms with van der Waals surface area (Å²) in [7, 11) is 0. The molecule has 2 N–H and O–H groups in total. The van der Waals surface area contributed by atoms with Gasteiger partial charge in [-0.3, -0.25) is 0 Å². The summed E-state index contributed by atoms with van der Waals surface area (Å²) in [6, 6.07) is 3.37. The van der Waals surface area contributed by atoms with Crippen molar-refractivity contribution in [1.82, 2.24) is 0 Å². The van der Waals surface area contributed by atoms with Crippen LogP contribution in [0.4, 0.5) is 0 Å². The summed E-state index contributed by atoms with van der Waals surface area (Å²) in [6.07, 6.45) is 9.16. The van der Waals surface area contributed by atoms with Gasteiger partial charge < -0.3 is 10.2 Å². The molecule has 0 unspecified atom stereocenters. The number of aryl methyl sites for hydroxylation is 1. The van der Waals surface area contributed by atoms with Crippen molar-refractivity contribution >= 4 is 5.97 Å². The molecule has 0 saturated heterocycles. The van der Waals surface area contributed by atoms with Crippen molar-refractivity contribution in [1.29, 1.82) is 0 Å². The molecule has 0 spiro atoms. The standard InChI is InChI=1S/C19H26O3/c1-3-4-5-8-15-11-18(20)16(12-17(15)19(21)22)14-9-6-7-13(2)10-14/h10-12,14,20H,3-9H2,1-2H3,(H,21,22)/t14-/m0/s1. The summed E-state index contributed by atoms with van der Waals surface area (Å²) in [5.74, 6) is -0.520. The highest BCUT2D eigenvalue weighted by Crippen LogP contribution is 2.37. The van der Waals surface area contributed by atoms with Gasteiger partial charge in [-0.2, -0.15) is 0 Å². The molecule has 0 fully saturated rings. The van der Waals surface area contributed by atoms with Crippen LogP contribution >= 0.6 is 0 Å². The van der Waals surface area contributed by atoms with Crippen molar-refractivity contribution in [3.63, 3.8) is 0 Å². The van der Waals surface area contributed by atoms with Gasteiger partial charge in [0.2, 0.25) is 0 Å². The quantitative estimate of drug-likeness (QED) is 0.572. The summed E-state index contributed by atoms with van der Waals surface area (Å²) >= 11 is 0. The number of allylic oxidation sites excluding steroid dienone is 2. The Morgan fingerprint density at radius 3 is 2.73 bits per heavy atom. The van der Waals surface area contributed by atoms with Gasteiger partial charge in [0.15, 0.2) is 0 Å². The number of aromatic carboxylic acids is 1. The smallest absolute Gasteiger partial charge is 0.335 e. The van der Waals surface area contributed by atoms with Gasteiger partial charge in [-0.05, 0) is 56.7 Å². The Morgan fingerprint density at radius 1 is 1.32 bits per heavy atom. The van der Waals surface area contributed by atoms with Crippen LogP contribution in [0, 0.1) is 0 Å². The Morgan fingerprint density at radius 2 is 2.09 bits per heavy atom. The first-order valence-corrected chi connectivity index (χ1v) is 8.29. The second-order valence-corrected chi connectivity index (χ2v) is 6.34. The first-order chi connectivity index (χ1) is 10.5. The van der Waals surface area contributed by atoms with E-state index in [-0.39, 0.29) is 11.7 Å². The molecule has 3 heteroatoms. The highest BCUT2D eigenvalue weighted by Gasteiger charge is 2.21. The summed E-state index contributed by atoms with van der Waals surface area (Å²) < 4.78 is 0. The molecule has 120 valence electrons. The van der Waals surface area contributed by atoms with E-state index in [2.05, 4.69) is 19.9 Å². The Kier molecular flexibility index (Phi) is 5.64. The third-order valence-corrected chi connectivity index (χ3v) is 4.50. The van der Waals surface area contributed by atoms with Gasteiger partial charge in [0.05, 0.1) is 5.56 Å². The molecule has 1 atom stereocenters. The lowest BCUT2D eigenvalue weighted by molar-refractivity contribution is 0.0695. The number of carbonyl (C=O) groups is 1. The molecule has 3 nitrogen and oxygen atoms in total. The first kappa shape index (κ1) is 16.6. The van der Waals surface area contributed by atoms with Crippen LogP contribution < -0.4 is 0 Å². The van der Waals surface area contributed by atoms with Crippen LogP contribution in [-0.4, -0.2) is 16.2 Å². The van der Waals surface area contributed by atoms with E-state index in [1.165, 1.54) is 5.57 Å². The van der Waals surface area contributed by atoms with E-state index < -0.39 is 5.97 Å². The third kappa shape index (κ3) is 3.90. The van der Waals surface area contributed by atoms with E-state index >= 15 is 0 Å². The zero-order chi connectivity index (χ0) is 16.1. The molecule has 1 aromatic rings.